The Bertz CT molecular complexity index is 668. The highest BCUT2D eigenvalue weighted by molar-refractivity contribution is 5.71. The molecule has 3 nitrogen and oxygen atoms in total. The van der Waals surface area contributed by atoms with E-state index in [4.69, 9.17) is 4.42 Å². The van der Waals surface area contributed by atoms with Crippen LogP contribution in [0.25, 0.3) is 16.8 Å². The van der Waals surface area contributed by atoms with Crippen LogP contribution in [0.15, 0.2) is 53.3 Å². The van der Waals surface area contributed by atoms with Crippen LogP contribution in [0.5, 0.6) is 5.75 Å². The number of phenols is 1. The molecule has 0 saturated carbocycles. The molecule has 0 fully saturated rings. The molecule has 3 aromatic rings. The maximum absolute atomic E-state index is 9.38. The first-order valence-electron chi connectivity index (χ1n) is 5.43. The summed E-state index contributed by atoms with van der Waals surface area (Å²) < 4.78 is 7.37. The summed E-state index contributed by atoms with van der Waals surface area (Å²) in [6.45, 7) is 2.06. The van der Waals surface area contributed by atoms with Crippen molar-refractivity contribution in [2.45, 2.75) is 6.92 Å². The summed E-state index contributed by atoms with van der Waals surface area (Å²) in [5.74, 6) is 0.211. The number of rotatable bonds is 1. The average molecular weight is 226 g/mol. The van der Waals surface area contributed by atoms with Gasteiger partial charge in [0.1, 0.15) is 5.75 Å². The summed E-state index contributed by atoms with van der Waals surface area (Å²) >= 11 is 0. The highest BCUT2D eigenvalue weighted by Crippen LogP contribution is 2.18. The van der Waals surface area contributed by atoms with Crippen LogP contribution in [0.4, 0.5) is 0 Å². The van der Waals surface area contributed by atoms with Crippen LogP contribution in [-0.2, 0) is 0 Å². The highest BCUT2D eigenvalue weighted by atomic mass is 16.3. The second kappa shape index (κ2) is 3.63. The molecular formula is C14H12NO2+. The molecule has 0 unspecified atom stereocenters. The van der Waals surface area contributed by atoms with E-state index in [2.05, 4.69) is 19.1 Å². The van der Waals surface area contributed by atoms with E-state index in [0.717, 1.165) is 11.2 Å². The van der Waals surface area contributed by atoms with Crippen molar-refractivity contribution in [3.8, 4) is 11.4 Å². The molecular weight excluding hydrogens is 214 g/mol. The molecule has 2 aromatic carbocycles. The van der Waals surface area contributed by atoms with E-state index in [1.807, 2.05) is 22.8 Å². The van der Waals surface area contributed by atoms with Crippen molar-refractivity contribution in [3.63, 3.8) is 0 Å². The number of fused-ring (bicyclic) bond motifs is 1. The van der Waals surface area contributed by atoms with Gasteiger partial charge in [0.25, 0.3) is 5.52 Å². The monoisotopic (exact) mass is 226 g/mol. The Labute approximate surface area is 98.6 Å². The summed E-state index contributed by atoms with van der Waals surface area (Å²) in [6.07, 6.45) is 1.65. The maximum Gasteiger partial charge on any atom is 0.341 e. The van der Waals surface area contributed by atoms with Crippen molar-refractivity contribution in [2.75, 3.05) is 0 Å². The molecule has 0 amide bonds. The molecule has 3 heteroatoms. The molecule has 0 bridgehead atoms. The molecule has 84 valence electrons. The van der Waals surface area contributed by atoms with Crippen LogP contribution in [-0.4, -0.2) is 5.11 Å². The molecule has 0 radical (unpaired) electrons. The minimum atomic E-state index is 0.211. The molecule has 3 rings (SSSR count). The molecule has 1 heterocycles. The zero-order valence-electron chi connectivity index (χ0n) is 9.42. The zero-order chi connectivity index (χ0) is 11.8. The van der Waals surface area contributed by atoms with E-state index in [9.17, 15) is 5.11 Å². The lowest BCUT2D eigenvalue weighted by Gasteiger charge is -1.93. The number of hydrogen-bond donors (Lipinski definition) is 1. The van der Waals surface area contributed by atoms with E-state index >= 15 is 0 Å². The summed E-state index contributed by atoms with van der Waals surface area (Å²) in [6, 6.07) is 13.3. The van der Waals surface area contributed by atoms with Crippen LogP contribution in [0, 0.1) is 6.92 Å². The van der Waals surface area contributed by atoms with Gasteiger partial charge in [-0.2, -0.15) is 0 Å². The summed E-state index contributed by atoms with van der Waals surface area (Å²) in [5.41, 5.74) is 3.87. The predicted octanol–water partition coefficient (Wildman–Crippen LogP) is 2.72. The van der Waals surface area contributed by atoms with E-state index in [-0.39, 0.29) is 5.75 Å². The van der Waals surface area contributed by atoms with Crippen LogP contribution in [0.3, 0.4) is 0 Å². The maximum atomic E-state index is 9.38. The third-order valence-electron chi connectivity index (χ3n) is 2.80. The van der Waals surface area contributed by atoms with Crippen LogP contribution < -0.4 is 4.57 Å². The van der Waals surface area contributed by atoms with Crippen LogP contribution >= 0.6 is 0 Å². The number of aromatic hydroxyl groups is 1. The lowest BCUT2D eigenvalue weighted by Crippen LogP contribution is -2.27. The highest BCUT2D eigenvalue weighted by Gasteiger charge is 2.16. The average Bonchev–Trinajstić information content (AvgIpc) is 2.73. The van der Waals surface area contributed by atoms with Gasteiger partial charge in [-0.05, 0) is 13.0 Å². The van der Waals surface area contributed by atoms with Crippen molar-refractivity contribution in [1.29, 1.82) is 0 Å². The van der Waals surface area contributed by atoms with Crippen LogP contribution in [0.2, 0.25) is 0 Å². The Morgan fingerprint density at radius 2 is 1.82 bits per heavy atom. The van der Waals surface area contributed by atoms with Gasteiger partial charge >= 0.3 is 6.39 Å². The van der Waals surface area contributed by atoms with Gasteiger partial charge in [0.2, 0.25) is 11.3 Å². The Morgan fingerprint density at radius 3 is 2.59 bits per heavy atom. The van der Waals surface area contributed by atoms with Crippen molar-refractivity contribution in [3.05, 3.63) is 54.4 Å². The normalized spacial score (nSPS) is 10.9. The first-order chi connectivity index (χ1) is 8.24. The lowest BCUT2D eigenvalue weighted by atomic mass is 10.2. The van der Waals surface area contributed by atoms with Gasteiger partial charge in [-0.15, -0.1) is 4.57 Å². The standard InChI is InChI=1S/C14H11NO2/c1-10-2-4-11(5-3-10)15-9-17-14-8-12(16)6-7-13(14)15/h2-9H,1H3/p+1. The van der Waals surface area contributed by atoms with Crippen molar-refractivity contribution < 1.29 is 14.1 Å². The number of aryl methyl sites for hydroxylation is 1. The fourth-order valence-corrected chi connectivity index (χ4v) is 1.87. The summed E-state index contributed by atoms with van der Waals surface area (Å²) in [5, 5.41) is 9.38. The van der Waals surface area contributed by atoms with Crippen molar-refractivity contribution in [2.24, 2.45) is 0 Å². The quantitative estimate of drug-likeness (QED) is 0.648. The Kier molecular flexibility index (Phi) is 2.11. The Hall–Kier alpha value is -2.29. The van der Waals surface area contributed by atoms with Gasteiger partial charge in [0.05, 0.1) is 0 Å². The first kappa shape index (κ1) is 9.90. The smallest absolute Gasteiger partial charge is 0.341 e. The number of hydrogen-bond acceptors (Lipinski definition) is 2. The molecule has 0 atom stereocenters. The molecule has 0 spiro atoms. The third-order valence-corrected chi connectivity index (χ3v) is 2.80. The minimum absolute atomic E-state index is 0.211. The number of nitrogens with zero attached hydrogens (tertiary/aromatic N) is 1. The zero-order valence-corrected chi connectivity index (χ0v) is 9.42. The largest absolute Gasteiger partial charge is 0.508 e. The molecule has 1 aromatic heterocycles. The lowest BCUT2D eigenvalue weighted by molar-refractivity contribution is -0.573. The van der Waals surface area contributed by atoms with Crippen molar-refractivity contribution in [1.82, 2.24) is 0 Å². The summed E-state index contributed by atoms with van der Waals surface area (Å²) in [7, 11) is 0. The number of phenolic OH excluding ortho intramolecular Hbond substituents is 1. The van der Waals surface area contributed by atoms with E-state index in [1.54, 1.807) is 18.5 Å². The minimum Gasteiger partial charge on any atom is -0.508 e. The molecule has 17 heavy (non-hydrogen) atoms. The second-order valence-corrected chi connectivity index (χ2v) is 4.08. The molecule has 0 aliphatic rings. The van der Waals surface area contributed by atoms with E-state index in [0.29, 0.717) is 5.58 Å². The molecule has 0 saturated heterocycles. The first-order valence-corrected chi connectivity index (χ1v) is 5.43. The fourth-order valence-electron chi connectivity index (χ4n) is 1.87. The van der Waals surface area contributed by atoms with Gasteiger partial charge in [0.15, 0.2) is 0 Å². The Morgan fingerprint density at radius 1 is 1.06 bits per heavy atom. The van der Waals surface area contributed by atoms with Gasteiger partial charge in [-0.25, -0.2) is 0 Å². The van der Waals surface area contributed by atoms with Crippen molar-refractivity contribution >= 4 is 11.1 Å². The third kappa shape index (κ3) is 1.65. The van der Waals surface area contributed by atoms with Gasteiger partial charge < -0.3 is 9.52 Å². The van der Waals surface area contributed by atoms with Crippen LogP contribution in [0.1, 0.15) is 5.56 Å². The van der Waals surface area contributed by atoms with Gasteiger partial charge in [-0.3, -0.25) is 0 Å². The molecule has 0 aliphatic heterocycles. The van der Waals surface area contributed by atoms with Gasteiger partial charge in [0, 0.05) is 24.3 Å². The number of oxazole rings is 1. The molecule has 1 N–H and O–H groups in total. The van der Waals surface area contributed by atoms with Gasteiger partial charge in [-0.1, -0.05) is 17.7 Å². The second-order valence-electron chi connectivity index (χ2n) is 4.08. The van der Waals surface area contributed by atoms with E-state index < -0.39 is 0 Å². The number of aromatic nitrogens is 1. The van der Waals surface area contributed by atoms with E-state index in [1.165, 1.54) is 5.56 Å². The summed E-state index contributed by atoms with van der Waals surface area (Å²) in [4.78, 5) is 0. The Balaban J connectivity index is 2.21. The predicted molar refractivity (Wildman–Crippen MR) is 64.1 cm³/mol. The number of benzene rings is 2. The fraction of sp³-hybridized carbons (Fsp3) is 0.0714. The molecule has 0 aliphatic carbocycles. The topological polar surface area (TPSA) is 37.2 Å². The SMILES string of the molecule is Cc1ccc(-[n+]2coc3cc(O)ccc32)cc1.